The Morgan fingerprint density at radius 2 is 1.79 bits per heavy atom. The largest absolute Gasteiger partial charge is 0.497 e. The lowest BCUT2D eigenvalue weighted by Crippen LogP contribution is -2.35. The molecular formula is C19H26F2O3. The van der Waals surface area contributed by atoms with Gasteiger partial charge in [-0.25, -0.2) is 8.78 Å². The van der Waals surface area contributed by atoms with E-state index in [0.717, 1.165) is 37.7 Å². The molecule has 0 heterocycles. The van der Waals surface area contributed by atoms with Crippen LogP contribution in [0.15, 0.2) is 24.3 Å². The number of hydrogen-bond acceptors (Lipinski definition) is 3. The van der Waals surface area contributed by atoms with Crippen LogP contribution in [0.1, 0.15) is 50.5 Å². The molecule has 1 aliphatic carbocycles. The molecule has 0 aliphatic heterocycles. The summed E-state index contributed by atoms with van der Waals surface area (Å²) in [6.07, 6.45) is 2.19. The van der Waals surface area contributed by atoms with Gasteiger partial charge in [0.05, 0.1) is 13.7 Å². The number of carbonyl (C=O) groups excluding carboxylic acids is 1. The quantitative estimate of drug-likeness (QED) is 0.669. The fourth-order valence-electron chi connectivity index (χ4n) is 3.74. The molecule has 2 rings (SSSR count). The molecule has 1 fully saturated rings. The van der Waals surface area contributed by atoms with E-state index in [1.165, 1.54) is 0 Å². The Kier molecular flexibility index (Phi) is 7.00. The van der Waals surface area contributed by atoms with Crippen molar-refractivity contribution in [3.8, 4) is 5.75 Å². The molecule has 1 aromatic rings. The van der Waals surface area contributed by atoms with Gasteiger partial charge in [0.1, 0.15) is 11.7 Å². The third-order valence-electron chi connectivity index (χ3n) is 4.88. The second kappa shape index (κ2) is 9.00. The van der Waals surface area contributed by atoms with Gasteiger partial charge in [-0.15, -0.1) is 0 Å². The number of halogens is 2. The zero-order valence-corrected chi connectivity index (χ0v) is 14.3. The fourth-order valence-corrected chi connectivity index (χ4v) is 3.74. The van der Waals surface area contributed by atoms with Crippen molar-refractivity contribution in [1.29, 1.82) is 0 Å². The summed E-state index contributed by atoms with van der Waals surface area (Å²) in [5, 5.41) is 0. The van der Waals surface area contributed by atoms with Crippen molar-refractivity contribution in [2.24, 2.45) is 11.8 Å². The molecule has 0 spiro atoms. The summed E-state index contributed by atoms with van der Waals surface area (Å²) in [6, 6.07) is 7.12. The van der Waals surface area contributed by atoms with Gasteiger partial charge in [-0.1, -0.05) is 31.4 Å². The molecule has 2 unspecified atom stereocenters. The maximum Gasteiger partial charge on any atom is 0.315 e. The van der Waals surface area contributed by atoms with E-state index in [-0.39, 0.29) is 12.5 Å². The van der Waals surface area contributed by atoms with Gasteiger partial charge in [-0.3, -0.25) is 4.79 Å². The van der Waals surface area contributed by atoms with E-state index in [4.69, 9.17) is 9.47 Å². The zero-order chi connectivity index (χ0) is 17.5. The number of benzene rings is 1. The minimum atomic E-state index is -2.74. The summed E-state index contributed by atoms with van der Waals surface area (Å²) < 4.78 is 37.7. The highest BCUT2D eigenvalue weighted by molar-refractivity contribution is 5.74. The highest BCUT2D eigenvalue weighted by atomic mass is 19.3. The molecular weight excluding hydrogens is 314 g/mol. The van der Waals surface area contributed by atoms with Gasteiger partial charge in [0.15, 0.2) is 0 Å². The Hall–Kier alpha value is -1.65. The van der Waals surface area contributed by atoms with Crippen molar-refractivity contribution in [2.45, 2.75) is 51.4 Å². The number of rotatable bonds is 7. The van der Waals surface area contributed by atoms with Crippen molar-refractivity contribution in [1.82, 2.24) is 0 Å². The van der Waals surface area contributed by atoms with Crippen LogP contribution in [0.5, 0.6) is 5.75 Å². The molecule has 0 N–H and O–H groups in total. The number of hydrogen-bond donors (Lipinski definition) is 0. The average molecular weight is 340 g/mol. The van der Waals surface area contributed by atoms with Crippen LogP contribution in [0.25, 0.3) is 0 Å². The second-order valence-corrected chi connectivity index (χ2v) is 6.31. The maximum atomic E-state index is 13.8. The van der Waals surface area contributed by atoms with E-state index >= 15 is 0 Å². The summed E-state index contributed by atoms with van der Waals surface area (Å²) in [4.78, 5) is 12.2. The average Bonchev–Trinajstić information content (AvgIpc) is 2.60. The lowest BCUT2D eigenvalue weighted by Gasteiger charge is -2.35. The zero-order valence-electron chi connectivity index (χ0n) is 14.3. The first-order valence-electron chi connectivity index (χ1n) is 8.67. The Labute approximate surface area is 142 Å². The van der Waals surface area contributed by atoms with Crippen LogP contribution >= 0.6 is 0 Å². The molecule has 2 atom stereocenters. The molecule has 24 heavy (non-hydrogen) atoms. The van der Waals surface area contributed by atoms with Gasteiger partial charge in [-0.05, 0) is 43.4 Å². The van der Waals surface area contributed by atoms with Crippen molar-refractivity contribution in [3.05, 3.63) is 29.8 Å². The number of alkyl halides is 2. The van der Waals surface area contributed by atoms with Gasteiger partial charge in [0.25, 0.3) is 6.43 Å². The summed E-state index contributed by atoms with van der Waals surface area (Å²) in [6.45, 7) is 1.76. The summed E-state index contributed by atoms with van der Waals surface area (Å²) in [5.41, 5.74) is 0.765. The number of esters is 1. The highest BCUT2D eigenvalue weighted by Gasteiger charge is 2.42. The minimum Gasteiger partial charge on any atom is -0.497 e. The predicted octanol–water partition coefficient (Wildman–Crippen LogP) is 4.80. The SMILES string of the molecule is CCOC(=O)C(C(F)F)C(c1ccc(OC)cc1)C1CCCCC1. The van der Waals surface area contributed by atoms with Crippen LogP contribution in [0.2, 0.25) is 0 Å². The Morgan fingerprint density at radius 3 is 2.29 bits per heavy atom. The van der Waals surface area contributed by atoms with E-state index in [2.05, 4.69) is 0 Å². The minimum absolute atomic E-state index is 0.0792. The van der Waals surface area contributed by atoms with Crippen LogP contribution in [0.4, 0.5) is 8.78 Å². The van der Waals surface area contributed by atoms with Gasteiger partial charge in [0, 0.05) is 5.92 Å². The van der Waals surface area contributed by atoms with E-state index in [1.54, 1.807) is 38.3 Å². The molecule has 0 saturated heterocycles. The Balaban J connectivity index is 2.36. The van der Waals surface area contributed by atoms with Crippen molar-refractivity contribution < 1.29 is 23.0 Å². The van der Waals surface area contributed by atoms with Gasteiger partial charge >= 0.3 is 5.97 Å². The maximum absolute atomic E-state index is 13.8. The predicted molar refractivity (Wildman–Crippen MR) is 88.4 cm³/mol. The van der Waals surface area contributed by atoms with Crippen LogP contribution in [-0.2, 0) is 9.53 Å². The third-order valence-corrected chi connectivity index (χ3v) is 4.88. The van der Waals surface area contributed by atoms with Gasteiger partial charge in [0.2, 0.25) is 0 Å². The van der Waals surface area contributed by atoms with E-state index in [1.807, 2.05) is 0 Å². The monoisotopic (exact) mass is 340 g/mol. The molecule has 1 aromatic carbocycles. The van der Waals surface area contributed by atoms with E-state index < -0.39 is 24.2 Å². The third kappa shape index (κ3) is 4.46. The molecule has 0 aromatic heterocycles. The fraction of sp³-hybridized carbons (Fsp3) is 0.632. The van der Waals surface area contributed by atoms with E-state index in [9.17, 15) is 13.6 Å². The van der Waals surface area contributed by atoms with Crippen LogP contribution in [0.3, 0.4) is 0 Å². The Bertz CT molecular complexity index is 510. The number of methoxy groups -OCH3 is 1. The summed E-state index contributed by atoms with van der Waals surface area (Å²) >= 11 is 0. The number of ether oxygens (including phenoxy) is 2. The van der Waals surface area contributed by atoms with Crippen molar-refractivity contribution >= 4 is 5.97 Å². The topological polar surface area (TPSA) is 35.5 Å². The molecule has 1 aliphatic rings. The lowest BCUT2D eigenvalue weighted by atomic mass is 9.71. The first kappa shape index (κ1) is 18.7. The first-order chi connectivity index (χ1) is 11.6. The standard InChI is InChI=1S/C19H26F2O3/c1-3-24-19(22)17(18(20)21)16(13-7-5-4-6-8-13)14-9-11-15(23-2)12-10-14/h9-13,16-18H,3-8H2,1-2H3. The van der Waals surface area contributed by atoms with Crippen LogP contribution in [0, 0.1) is 11.8 Å². The normalized spacial score (nSPS) is 18.2. The molecule has 0 bridgehead atoms. The van der Waals surface area contributed by atoms with E-state index in [0.29, 0.717) is 5.75 Å². The van der Waals surface area contributed by atoms with Gasteiger partial charge < -0.3 is 9.47 Å². The van der Waals surface area contributed by atoms with Crippen LogP contribution in [-0.4, -0.2) is 26.1 Å². The molecule has 1 saturated carbocycles. The lowest BCUT2D eigenvalue weighted by molar-refractivity contribution is -0.156. The van der Waals surface area contributed by atoms with Gasteiger partial charge in [-0.2, -0.15) is 0 Å². The molecule has 134 valence electrons. The second-order valence-electron chi connectivity index (χ2n) is 6.31. The smallest absolute Gasteiger partial charge is 0.315 e. The highest BCUT2D eigenvalue weighted by Crippen LogP contribution is 2.43. The van der Waals surface area contributed by atoms with Crippen molar-refractivity contribution in [2.75, 3.05) is 13.7 Å². The van der Waals surface area contributed by atoms with Crippen molar-refractivity contribution in [3.63, 3.8) is 0 Å². The molecule has 0 radical (unpaired) electrons. The Morgan fingerprint density at radius 1 is 1.17 bits per heavy atom. The summed E-state index contributed by atoms with van der Waals surface area (Å²) in [5.74, 6) is -1.97. The first-order valence-corrected chi connectivity index (χ1v) is 8.67. The molecule has 3 nitrogen and oxygen atoms in total. The molecule has 0 amide bonds. The summed E-state index contributed by atoms with van der Waals surface area (Å²) in [7, 11) is 1.56. The van der Waals surface area contributed by atoms with Crippen LogP contribution < -0.4 is 4.74 Å². The number of carbonyl (C=O) groups is 1. The molecule has 5 heteroatoms.